The van der Waals surface area contributed by atoms with Gasteiger partial charge in [-0.15, -0.1) is 0 Å². The van der Waals surface area contributed by atoms with Gasteiger partial charge in [0.2, 0.25) is 5.91 Å². The Balaban J connectivity index is 1.35. The van der Waals surface area contributed by atoms with Crippen molar-refractivity contribution in [3.8, 4) is 5.75 Å². The van der Waals surface area contributed by atoms with Gasteiger partial charge in [-0.25, -0.2) is 0 Å². The van der Waals surface area contributed by atoms with Gasteiger partial charge in [-0.05, 0) is 49.3 Å². The van der Waals surface area contributed by atoms with Gasteiger partial charge in [0.1, 0.15) is 5.75 Å². The lowest BCUT2D eigenvalue weighted by atomic mass is 9.95. The fraction of sp³-hybridized carbons (Fsp3) is 0.650. The predicted octanol–water partition coefficient (Wildman–Crippen LogP) is 1.87. The lowest BCUT2D eigenvalue weighted by Gasteiger charge is -2.35. The SMILES string of the molecule is COc1ccc(CN2C[C@H]3CC[C@@H](C2)N(CC(=O)NC2CC2)C3)cc1. The Labute approximate surface area is 150 Å². The molecule has 3 aliphatic heterocycles. The molecule has 3 heterocycles. The second-order valence-electron chi connectivity index (χ2n) is 7.91. The van der Waals surface area contributed by atoms with Crippen LogP contribution in [0.15, 0.2) is 24.3 Å². The Hall–Kier alpha value is -1.59. The van der Waals surface area contributed by atoms with E-state index in [0.717, 1.165) is 44.8 Å². The quantitative estimate of drug-likeness (QED) is 0.856. The van der Waals surface area contributed by atoms with Gasteiger partial charge in [-0.2, -0.15) is 0 Å². The molecule has 1 aromatic carbocycles. The van der Waals surface area contributed by atoms with Gasteiger partial charge in [0.05, 0.1) is 13.7 Å². The summed E-state index contributed by atoms with van der Waals surface area (Å²) in [7, 11) is 1.70. The molecule has 0 aromatic heterocycles. The first-order valence-corrected chi connectivity index (χ1v) is 9.58. The second-order valence-corrected chi connectivity index (χ2v) is 7.91. The molecule has 0 radical (unpaired) electrons. The molecular weight excluding hydrogens is 314 g/mol. The maximum atomic E-state index is 12.2. The van der Waals surface area contributed by atoms with Crippen molar-refractivity contribution in [2.24, 2.45) is 5.92 Å². The minimum Gasteiger partial charge on any atom is -0.497 e. The molecule has 1 aliphatic carbocycles. The number of rotatable bonds is 6. The maximum absolute atomic E-state index is 12.2. The minimum absolute atomic E-state index is 0.219. The van der Waals surface area contributed by atoms with Gasteiger partial charge < -0.3 is 10.1 Å². The smallest absolute Gasteiger partial charge is 0.234 e. The summed E-state index contributed by atoms with van der Waals surface area (Å²) in [6, 6.07) is 9.37. The summed E-state index contributed by atoms with van der Waals surface area (Å²) in [5.74, 6) is 1.81. The van der Waals surface area contributed by atoms with Crippen molar-refractivity contribution >= 4 is 5.91 Å². The number of piperidine rings is 1. The summed E-state index contributed by atoms with van der Waals surface area (Å²) in [5.41, 5.74) is 1.33. The topological polar surface area (TPSA) is 44.8 Å². The molecule has 0 spiro atoms. The van der Waals surface area contributed by atoms with Crippen LogP contribution >= 0.6 is 0 Å². The van der Waals surface area contributed by atoms with Crippen molar-refractivity contribution < 1.29 is 9.53 Å². The van der Waals surface area contributed by atoms with Crippen molar-refractivity contribution in [3.63, 3.8) is 0 Å². The third kappa shape index (κ3) is 4.33. The van der Waals surface area contributed by atoms with Gasteiger partial charge in [-0.1, -0.05) is 12.1 Å². The molecule has 136 valence electrons. The first-order chi connectivity index (χ1) is 12.2. The average molecular weight is 343 g/mol. The van der Waals surface area contributed by atoms with Crippen molar-refractivity contribution in [1.29, 1.82) is 0 Å². The van der Waals surface area contributed by atoms with Crippen LogP contribution in [0.5, 0.6) is 5.75 Å². The van der Waals surface area contributed by atoms with Crippen LogP contribution in [0.3, 0.4) is 0 Å². The van der Waals surface area contributed by atoms with Crippen LogP contribution in [0.2, 0.25) is 0 Å². The van der Waals surface area contributed by atoms with Crippen LogP contribution in [0.25, 0.3) is 0 Å². The van der Waals surface area contributed by atoms with Gasteiger partial charge in [-0.3, -0.25) is 14.6 Å². The third-order valence-electron chi connectivity index (χ3n) is 5.76. The molecule has 1 aromatic rings. The Morgan fingerprint density at radius 3 is 2.64 bits per heavy atom. The zero-order chi connectivity index (χ0) is 17.2. The standard InChI is InChI=1S/C20H29N3O2/c1-25-19-8-3-15(4-9-19)10-22-11-16-2-7-18(13-22)23(12-16)14-20(24)21-17-5-6-17/h3-4,8-9,16-18H,2,5-7,10-14H2,1H3,(H,21,24)/t16-,18+/m1/s1. The average Bonchev–Trinajstić information content (AvgIpc) is 3.43. The fourth-order valence-electron chi connectivity index (χ4n) is 4.27. The normalized spacial score (nSPS) is 27.1. The number of carbonyl (C=O) groups excluding carboxylic acids is 1. The van der Waals surface area contributed by atoms with E-state index in [1.165, 1.54) is 18.4 Å². The van der Waals surface area contributed by atoms with Crippen LogP contribution in [-0.2, 0) is 11.3 Å². The molecular formula is C20H29N3O2. The molecule has 2 atom stereocenters. The minimum atomic E-state index is 0.219. The molecule has 2 bridgehead atoms. The maximum Gasteiger partial charge on any atom is 0.234 e. The Morgan fingerprint density at radius 1 is 1.12 bits per heavy atom. The Bertz CT molecular complexity index is 599. The van der Waals surface area contributed by atoms with Crippen molar-refractivity contribution in [3.05, 3.63) is 29.8 Å². The number of carbonyl (C=O) groups is 1. The molecule has 5 heteroatoms. The predicted molar refractivity (Wildman–Crippen MR) is 97.5 cm³/mol. The molecule has 4 aliphatic rings. The summed E-state index contributed by atoms with van der Waals surface area (Å²) in [6.45, 7) is 4.84. The summed E-state index contributed by atoms with van der Waals surface area (Å²) < 4.78 is 5.25. The number of methoxy groups -OCH3 is 1. The number of benzene rings is 1. The van der Waals surface area contributed by atoms with E-state index in [-0.39, 0.29) is 5.91 Å². The highest BCUT2D eigenvalue weighted by Gasteiger charge is 2.36. The highest BCUT2D eigenvalue weighted by molar-refractivity contribution is 5.78. The Kier molecular flexibility index (Phi) is 4.95. The molecule has 5 rings (SSSR count). The number of nitrogens with one attached hydrogen (secondary N) is 1. The fourth-order valence-corrected chi connectivity index (χ4v) is 4.27. The van der Waals surface area contributed by atoms with E-state index >= 15 is 0 Å². The second kappa shape index (κ2) is 7.34. The summed E-state index contributed by atoms with van der Waals surface area (Å²) in [4.78, 5) is 17.2. The molecule has 5 nitrogen and oxygen atoms in total. The molecule has 1 amide bonds. The number of amides is 1. The van der Waals surface area contributed by atoms with Crippen LogP contribution in [0, 0.1) is 5.92 Å². The van der Waals surface area contributed by atoms with Crippen LogP contribution in [-0.4, -0.2) is 61.1 Å². The highest BCUT2D eigenvalue weighted by Crippen LogP contribution is 2.29. The number of hydrogen-bond acceptors (Lipinski definition) is 4. The van der Waals surface area contributed by atoms with Crippen molar-refractivity contribution in [2.75, 3.05) is 33.3 Å². The monoisotopic (exact) mass is 343 g/mol. The van der Waals surface area contributed by atoms with E-state index < -0.39 is 0 Å². The van der Waals surface area contributed by atoms with Gasteiger partial charge in [0.25, 0.3) is 0 Å². The number of ether oxygens (including phenoxy) is 1. The molecule has 25 heavy (non-hydrogen) atoms. The van der Waals surface area contributed by atoms with Crippen LogP contribution in [0.4, 0.5) is 0 Å². The Morgan fingerprint density at radius 2 is 1.92 bits per heavy atom. The number of fused-ring (bicyclic) bond motifs is 4. The first kappa shape index (κ1) is 16.9. The van der Waals surface area contributed by atoms with Gasteiger partial charge in [0.15, 0.2) is 0 Å². The van der Waals surface area contributed by atoms with E-state index in [0.29, 0.717) is 24.5 Å². The number of hydrogen-bond donors (Lipinski definition) is 1. The summed E-state index contributed by atoms with van der Waals surface area (Å²) in [6.07, 6.45) is 4.84. The third-order valence-corrected chi connectivity index (χ3v) is 5.76. The van der Waals surface area contributed by atoms with Gasteiger partial charge in [0, 0.05) is 38.3 Å². The highest BCUT2D eigenvalue weighted by atomic mass is 16.5. The van der Waals surface area contributed by atoms with Gasteiger partial charge >= 0.3 is 0 Å². The zero-order valence-electron chi connectivity index (χ0n) is 15.1. The lowest BCUT2D eigenvalue weighted by molar-refractivity contribution is -0.123. The van der Waals surface area contributed by atoms with Crippen LogP contribution in [0.1, 0.15) is 31.2 Å². The van der Waals surface area contributed by atoms with E-state index in [2.05, 4.69) is 27.2 Å². The van der Waals surface area contributed by atoms with Crippen LogP contribution < -0.4 is 10.1 Å². The zero-order valence-corrected chi connectivity index (χ0v) is 15.1. The van der Waals surface area contributed by atoms with Crippen molar-refractivity contribution in [1.82, 2.24) is 15.1 Å². The lowest BCUT2D eigenvalue weighted by Crippen LogP contribution is -2.48. The largest absolute Gasteiger partial charge is 0.497 e. The first-order valence-electron chi connectivity index (χ1n) is 9.58. The van der Waals surface area contributed by atoms with E-state index in [1.54, 1.807) is 7.11 Å². The molecule has 1 N–H and O–H groups in total. The van der Waals surface area contributed by atoms with E-state index in [1.807, 2.05) is 12.1 Å². The van der Waals surface area contributed by atoms with Crippen molar-refractivity contribution in [2.45, 2.75) is 44.3 Å². The molecule has 1 saturated carbocycles. The molecule has 4 fully saturated rings. The molecule has 3 saturated heterocycles. The van der Waals surface area contributed by atoms with E-state index in [9.17, 15) is 4.79 Å². The molecule has 0 unspecified atom stereocenters. The summed E-state index contributed by atoms with van der Waals surface area (Å²) >= 11 is 0. The number of nitrogens with zero attached hydrogens (tertiary/aromatic N) is 2. The summed E-state index contributed by atoms with van der Waals surface area (Å²) in [5, 5.41) is 3.14. The van der Waals surface area contributed by atoms with E-state index in [4.69, 9.17) is 4.74 Å².